The molecule has 0 radical (unpaired) electrons. The second kappa shape index (κ2) is 6.82. The summed E-state index contributed by atoms with van der Waals surface area (Å²) in [5.41, 5.74) is 1.04. The molecule has 1 unspecified atom stereocenters. The fourth-order valence-electron chi connectivity index (χ4n) is 3.40. The smallest absolute Gasteiger partial charge is 0.223 e. The zero-order valence-electron chi connectivity index (χ0n) is 12.3. The quantitative estimate of drug-likeness (QED) is 0.823. The Kier molecular flexibility index (Phi) is 4.84. The van der Waals surface area contributed by atoms with Crippen LogP contribution in [0.5, 0.6) is 0 Å². The minimum absolute atomic E-state index is 0.0710. The predicted octanol–water partition coefficient (Wildman–Crippen LogP) is 4.37. The number of hydrogen-bond donors (Lipinski definition) is 0. The number of carbonyl (C=O) groups excluding carboxylic acids is 1. The van der Waals surface area contributed by atoms with Crippen LogP contribution in [0.25, 0.3) is 0 Å². The highest BCUT2D eigenvalue weighted by Crippen LogP contribution is 2.38. The van der Waals surface area contributed by atoms with Crippen molar-refractivity contribution in [1.29, 1.82) is 0 Å². The summed E-state index contributed by atoms with van der Waals surface area (Å²) in [6, 6.07) is 6.57. The number of amides is 1. The van der Waals surface area contributed by atoms with Crippen LogP contribution in [0.15, 0.2) is 24.3 Å². The van der Waals surface area contributed by atoms with Gasteiger partial charge in [0.1, 0.15) is 11.2 Å². The summed E-state index contributed by atoms with van der Waals surface area (Å²) >= 11 is 1.78. The normalized spacial score (nSPS) is 22.9. The van der Waals surface area contributed by atoms with E-state index in [1.165, 1.54) is 37.8 Å². The maximum atomic E-state index is 13.0. The number of thioether (sulfide) groups is 1. The van der Waals surface area contributed by atoms with Crippen molar-refractivity contribution < 1.29 is 9.18 Å². The molecule has 0 N–H and O–H groups in total. The molecule has 1 amide bonds. The lowest BCUT2D eigenvalue weighted by molar-refractivity contribution is -0.131. The molecule has 1 aliphatic heterocycles. The van der Waals surface area contributed by atoms with E-state index in [2.05, 4.69) is 0 Å². The Morgan fingerprint density at radius 3 is 2.67 bits per heavy atom. The van der Waals surface area contributed by atoms with Crippen LogP contribution in [0, 0.1) is 11.7 Å². The van der Waals surface area contributed by atoms with E-state index in [0.717, 1.165) is 30.2 Å². The molecule has 0 bridgehead atoms. The van der Waals surface area contributed by atoms with E-state index in [1.54, 1.807) is 23.9 Å². The van der Waals surface area contributed by atoms with Crippen LogP contribution >= 0.6 is 11.8 Å². The van der Waals surface area contributed by atoms with Gasteiger partial charge < -0.3 is 4.90 Å². The number of rotatable bonds is 4. The predicted molar refractivity (Wildman–Crippen MR) is 84.5 cm³/mol. The van der Waals surface area contributed by atoms with E-state index in [0.29, 0.717) is 6.42 Å². The minimum atomic E-state index is -0.221. The van der Waals surface area contributed by atoms with Crippen LogP contribution in [-0.4, -0.2) is 23.1 Å². The molecule has 21 heavy (non-hydrogen) atoms. The Hall–Kier alpha value is -1.03. The first-order valence-corrected chi connectivity index (χ1v) is 8.95. The summed E-state index contributed by atoms with van der Waals surface area (Å²) in [6.45, 7) is 0.816. The van der Waals surface area contributed by atoms with Gasteiger partial charge in [0.25, 0.3) is 0 Å². The molecule has 4 heteroatoms. The fraction of sp³-hybridized carbons (Fsp3) is 0.588. The molecule has 1 atom stereocenters. The molecular weight excluding hydrogens is 285 g/mol. The molecule has 1 saturated carbocycles. The van der Waals surface area contributed by atoms with Crippen molar-refractivity contribution in [2.24, 2.45) is 5.92 Å². The summed E-state index contributed by atoms with van der Waals surface area (Å²) in [6.07, 6.45) is 6.96. The van der Waals surface area contributed by atoms with Gasteiger partial charge in [0, 0.05) is 18.7 Å². The third-order valence-corrected chi connectivity index (χ3v) is 5.87. The van der Waals surface area contributed by atoms with Gasteiger partial charge in [0.2, 0.25) is 5.91 Å². The Morgan fingerprint density at radius 1 is 1.24 bits per heavy atom. The van der Waals surface area contributed by atoms with E-state index in [9.17, 15) is 9.18 Å². The first-order chi connectivity index (χ1) is 10.2. The maximum absolute atomic E-state index is 13.0. The van der Waals surface area contributed by atoms with Gasteiger partial charge >= 0.3 is 0 Å². The van der Waals surface area contributed by atoms with Crippen LogP contribution in [-0.2, 0) is 4.79 Å². The van der Waals surface area contributed by atoms with Crippen molar-refractivity contribution in [3.63, 3.8) is 0 Å². The molecular formula is C17H22FNOS. The molecule has 1 saturated heterocycles. The average molecular weight is 307 g/mol. The van der Waals surface area contributed by atoms with E-state index in [1.807, 2.05) is 4.90 Å². The van der Waals surface area contributed by atoms with Crippen LogP contribution in [0.3, 0.4) is 0 Å². The highest BCUT2D eigenvalue weighted by Gasteiger charge is 2.30. The van der Waals surface area contributed by atoms with Gasteiger partial charge in [-0.25, -0.2) is 4.39 Å². The van der Waals surface area contributed by atoms with Crippen LogP contribution < -0.4 is 0 Å². The number of hydrogen-bond acceptors (Lipinski definition) is 2. The van der Waals surface area contributed by atoms with Gasteiger partial charge in [0.05, 0.1) is 0 Å². The first-order valence-electron chi connectivity index (χ1n) is 7.90. The lowest BCUT2D eigenvalue weighted by Crippen LogP contribution is -2.30. The van der Waals surface area contributed by atoms with Crippen molar-refractivity contribution >= 4 is 17.7 Å². The number of nitrogens with zero attached hydrogens (tertiary/aromatic N) is 1. The zero-order valence-corrected chi connectivity index (χ0v) is 13.1. The molecule has 2 fully saturated rings. The number of halogens is 1. The van der Waals surface area contributed by atoms with Gasteiger partial charge in [-0.1, -0.05) is 37.8 Å². The molecule has 2 aliphatic rings. The monoisotopic (exact) mass is 307 g/mol. The van der Waals surface area contributed by atoms with E-state index >= 15 is 0 Å². The standard InChI is InChI=1S/C17H22FNOS/c18-15-8-6-14(7-9-15)17-19(11-12-21-17)16(20)10-5-13-3-1-2-4-13/h6-9,13,17H,1-5,10-12H2. The third-order valence-electron chi connectivity index (χ3n) is 4.61. The molecule has 1 aromatic carbocycles. The van der Waals surface area contributed by atoms with Crippen LogP contribution in [0.4, 0.5) is 4.39 Å². The Balaban J connectivity index is 1.60. The second-order valence-corrected chi connectivity index (χ2v) is 7.24. The molecule has 1 aliphatic carbocycles. The Bertz CT molecular complexity index is 484. The summed E-state index contributed by atoms with van der Waals surface area (Å²) in [5, 5.41) is 0.0710. The highest BCUT2D eigenvalue weighted by atomic mass is 32.2. The van der Waals surface area contributed by atoms with Gasteiger partial charge in [0.15, 0.2) is 0 Å². The SMILES string of the molecule is O=C(CCC1CCCC1)N1CCSC1c1ccc(F)cc1. The maximum Gasteiger partial charge on any atom is 0.223 e. The Labute approximate surface area is 130 Å². The molecule has 3 rings (SSSR count). The molecule has 1 heterocycles. The van der Waals surface area contributed by atoms with Gasteiger partial charge in [-0.15, -0.1) is 11.8 Å². The topological polar surface area (TPSA) is 20.3 Å². The zero-order chi connectivity index (χ0) is 14.7. The van der Waals surface area contributed by atoms with Gasteiger partial charge in [-0.2, -0.15) is 0 Å². The van der Waals surface area contributed by atoms with Crippen molar-refractivity contribution in [1.82, 2.24) is 4.90 Å². The largest absolute Gasteiger partial charge is 0.326 e. The lowest BCUT2D eigenvalue weighted by atomic mass is 10.0. The van der Waals surface area contributed by atoms with Crippen LogP contribution in [0.1, 0.15) is 49.5 Å². The van der Waals surface area contributed by atoms with E-state index in [-0.39, 0.29) is 17.1 Å². The second-order valence-electron chi connectivity index (χ2n) is 6.05. The summed E-state index contributed by atoms with van der Waals surface area (Å²) in [7, 11) is 0. The number of carbonyl (C=O) groups is 1. The van der Waals surface area contributed by atoms with Crippen molar-refractivity contribution in [2.45, 2.75) is 43.9 Å². The van der Waals surface area contributed by atoms with Gasteiger partial charge in [-0.05, 0) is 30.0 Å². The van der Waals surface area contributed by atoms with E-state index in [4.69, 9.17) is 0 Å². The summed E-state index contributed by atoms with van der Waals surface area (Å²) in [4.78, 5) is 14.5. The van der Waals surface area contributed by atoms with Crippen molar-refractivity contribution in [3.8, 4) is 0 Å². The fourth-order valence-corrected chi connectivity index (χ4v) is 4.68. The third kappa shape index (κ3) is 3.60. The van der Waals surface area contributed by atoms with Crippen LogP contribution in [0.2, 0.25) is 0 Å². The highest BCUT2D eigenvalue weighted by molar-refractivity contribution is 7.99. The van der Waals surface area contributed by atoms with Crippen molar-refractivity contribution in [3.05, 3.63) is 35.6 Å². The molecule has 114 valence electrons. The van der Waals surface area contributed by atoms with E-state index < -0.39 is 0 Å². The minimum Gasteiger partial charge on any atom is -0.326 e. The van der Waals surface area contributed by atoms with Crippen molar-refractivity contribution in [2.75, 3.05) is 12.3 Å². The molecule has 1 aromatic rings. The molecule has 0 aromatic heterocycles. The molecule has 0 spiro atoms. The number of benzene rings is 1. The summed E-state index contributed by atoms with van der Waals surface area (Å²) in [5.74, 6) is 1.77. The molecule has 2 nitrogen and oxygen atoms in total. The first kappa shape index (κ1) is 14.9. The summed E-state index contributed by atoms with van der Waals surface area (Å²) < 4.78 is 13.0. The Morgan fingerprint density at radius 2 is 1.95 bits per heavy atom. The average Bonchev–Trinajstić information content (AvgIpc) is 3.17. The lowest BCUT2D eigenvalue weighted by Gasteiger charge is -2.24. The van der Waals surface area contributed by atoms with Gasteiger partial charge in [-0.3, -0.25) is 4.79 Å².